The maximum Gasteiger partial charge on any atom is 0.0611 e. The summed E-state index contributed by atoms with van der Waals surface area (Å²) in [7, 11) is -2.69. The minimum Gasteiger partial charge on any atom is -0.820 e. The van der Waals surface area contributed by atoms with Crippen LogP contribution in [0.15, 0.2) is 0 Å². The average Bonchev–Trinajstić information content (AvgIpc) is 1.61. The van der Waals surface area contributed by atoms with Crippen molar-refractivity contribution in [1.29, 1.82) is 0 Å². The molecule has 0 radical (unpaired) electrons. The summed E-state index contributed by atoms with van der Waals surface area (Å²) < 4.78 is 4.01. The van der Waals surface area contributed by atoms with E-state index in [1.807, 2.05) is 0 Å². The molecule has 3 nitrogen and oxygen atoms in total. The zero-order valence-electron chi connectivity index (χ0n) is 3.46. The molecule has 0 aromatic carbocycles. The van der Waals surface area contributed by atoms with Crippen LogP contribution in [0.1, 0.15) is 0 Å². The molecule has 0 N–H and O–H groups in total. The fraction of sp³-hybridized carbons (Fsp3) is 1.00. The predicted molar refractivity (Wildman–Crippen MR) is 23.6 cm³/mol. The SMILES string of the molecule is [O-]P([O-])OCCCl. The summed E-state index contributed by atoms with van der Waals surface area (Å²) in [6, 6.07) is 0. The highest BCUT2D eigenvalue weighted by molar-refractivity contribution is 7.36. The van der Waals surface area contributed by atoms with Crippen molar-refractivity contribution >= 4 is 20.2 Å². The molecule has 5 heteroatoms. The predicted octanol–water partition coefficient (Wildman–Crippen LogP) is -0.811. The molecule has 0 aliphatic carbocycles. The second-order valence-electron chi connectivity index (χ2n) is 0.746. The van der Waals surface area contributed by atoms with Crippen LogP contribution in [0, 0.1) is 0 Å². The Morgan fingerprint density at radius 2 is 2.14 bits per heavy atom. The minimum atomic E-state index is -2.69. The van der Waals surface area contributed by atoms with Crippen LogP contribution in [0.5, 0.6) is 0 Å². The first-order valence-electron chi connectivity index (χ1n) is 1.60. The third kappa shape index (κ3) is 6.60. The third-order valence-electron chi connectivity index (χ3n) is 0.274. The maximum absolute atomic E-state index is 9.51. The smallest absolute Gasteiger partial charge is 0.0611 e. The average molecular weight is 142 g/mol. The van der Waals surface area contributed by atoms with Crippen molar-refractivity contribution in [3.63, 3.8) is 0 Å². The van der Waals surface area contributed by atoms with Gasteiger partial charge in [-0.05, 0) is 0 Å². The molecule has 0 aromatic rings. The lowest BCUT2D eigenvalue weighted by Crippen LogP contribution is -2.11. The molecule has 0 saturated carbocycles. The first-order chi connectivity index (χ1) is 3.27. The number of rotatable bonds is 3. The molecule has 0 aliphatic heterocycles. The van der Waals surface area contributed by atoms with Gasteiger partial charge in [0.2, 0.25) is 0 Å². The minimum absolute atomic E-state index is 0.0697. The van der Waals surface area contributed by atoms with E-state index >= 15 is 0 Å². The molecule has 0 bridgehead atoms. The first kappa shape index (κ1) is 7.60. The summed E-state index contributed by atoms with van der Waals surface area (Å²) in [6.07, 6.45) is 0. The van der Waals surface area contributed by atoms with Gasteiger partial charge >= 0.3 is 0 Å². The Labute approximate surface area is 47.9 Å². The highest BCUT2D eigenvalue weighted by atomic mass is 35.5. The lowest BCUT2D eigenvalue weighted by molar-refractivity contribution is -0.317. The van der Waals surface area contributed by atoms with E-state index in [9.17, 15) is 9.79 Å². The van der Waals surface area contributed by atoms with Crippen molar-refractivity contribution in [2.24, 2.45) is 0 Å². The zero-order valence-corrected chi connectivity index (χ0v) is 5.11. The number of halogens is 1. The molecule has 0 fully saturated rings. The summed E-state index contributed by atoms with van der Waals surface area (Å²) in [6.45, 7) is 0.0697. The van der Waals surface area contributed by atoms with Crippen LogP contribution in [0.3, 0.4) is 0 Å². The van der Waals surface area contributed by atoms with Crippen molar-refractivity contribution in [3.8, 4) is 0 Å². The highest BCUT2D eigenvalue weighted by Gasteiger charge is 1.74. The van der Waals surface area contributed by atoms with Crippen LogP contribution in [-0.2, 0) is 4.52 Å². The Kier molecular flexibility index (Phi) is 5.16. The third-order valence-corrected chi connectivity index (χ3v) is 0.822. The van der Waals surface area contributed by atoms with Gasteiger partial charge in [-0.1, -0.05) is 0 Å². The van der Waals surface area contributed by atoms with E-state index in [0.29, 0.717) is 0 Å². The molecule has 0 atom stereocenters. The van der Waals surface area contributed by atoms with Crippen molar-refractivity contribution in [2.45, 2.75) is 0 Å². The van der Waals surface area contributed by atoms with Gasteiger partial charge in [-0.25, -0.2) is 0 Å². The monoisotopic (exact) mass is 142 g/mol. The topological polar surface area (TPSA) is 55.3 Å². The van der Waals surface area contributed by atoms with E-state index in [0.717, 1.165) is 0 Å². The van der Waals surface area contributed by atoms with Crippen LogP contribution in [0.2, 0.25) is 0 Å². The summed E-state index contributed by atoms with van der Waals surface area (Å²) in [5, 5.41) is 0. The van der Waals surface area contributed by atoms with E-state index in [1.54, 1.807) is 0 Å². The van der Waals surface area contributed by atoms with Crippen LogP contribution in [0.25, 0.3) is 0 Å². The Bertz CT molecular complexity index is 41.9. The molecule has 44 valence electrons. The van der Waals surface area contributed by atoms with E-state index in [1.165, 1.54) is 0 Å². The highest BCUT2D eigenvalue weighted by Crippen LogP contribution is 2.11. The molecule has 0 aromatic heterocycles. The van der Waals surface area contributed by atoms with Crippen LogP contribution < -0.4 is 9.79 Å². The molecule has 0 saturated heterocycles. The number of hydrogen-bond acceptors (Lipinski definition) is 3. The van der Waals surface area contributed by atoms with Gasteiger partial charge in [0.05, 0.1) is 6.61 Å². The van der Waals surface area contributed by atoms with Gasteiger partial charge < -0.3 is 14.3 Å². The van der Waals surface area contributed by atoms with Crippen LogP contribution in [-0.4, -0.2) is 12.5 Å². The van der Waals surface area contributed by atoms with Gasteiger partial charge in [-0.3, -0.25) is 0 Å². The number of alkyl halides is 1. The van der Waals surface area contributed by atoms with Gasteiger partial charge in [-0.15, -0.1) is 11.6 Å². The van der Waals surface area contributed by atoms with Gasteiger partial charge in [0.15, 0.2) is 0 Å². The van der Waals surface area contributed by atoms with Gasteiger partial charge in [0.1, 0.15) is 0 Å². The normalized spacial score (nSPS) is 10.3. The van der Waals surface area contributed by atoms with Crippen LogP contribution in [0.4, 0.5) is 0 Å². The molecule has 0 amide bonds. The van der Waals surface area contributed by atoms with Crippen molar-refractivity contribution in [2.75, 3.05) is 12.5 Å². The van der Waals surface area contributed by atoms with Crippen LogP contribution >= 0.6 is 20.2 Å². The first-order valence-corrected chi connectivity index (χ1v) is 3.23. The van der Waals surface area contributed by atoms with E-state index in [-0.39, 0.29) is 12.5 Å². The second-order valence-corrected chi connectivity index (χ2v) is 1.83. The molecule has 7 heavy (non-hydrogen) atoms. The molecule has 0 aliphatic rings. The Balaban J connectivity index is 2.68. The van der Waals surface area contributed by atoms with E-state index in [4.69, 9.17) is 11.6 Å². The van der Waals surface area contributed by atoms with Gasteiger partial charge in [-0.2, -0.15) is 8.60 Å². The summed E-state index contributed by atoms with van der Waals surface area (Å²) >= 11 is 5.05. The zero-order chi connectivity index (χ0) is 5.70. The molecule has 0 heterocycles. The fourth-order valence-electron chi connectivity index (χ4n) is 0.109. The van der Waals surface area contributed by atoms with E-state index < -0.39 is 8.60 Å². The number of hydrogen-bond donors (Lipinski definition) is 0. The van der Waals surface area contributed by atoms with Gasteiger partial charge in [0, 0.05) is 5.88 Å². The largest absolute Gasteiger partial charge is 0.820 e. The maximum atomic E-state index is 9.51. The van der Waals surface area contributed by atoms with Crippen molar-refractivity contribution < 1.29 is 14.3 Å². The molecule has 0 spiro atoms. The summed E-state index contributed by atoms with van der Waals surface area (Å²) in [4.78, 5) is 19.0. The van der Waals surface area contributed by atoms with Gasteiger partial charge in [0.25, 0.3) is 0 Å². The second kappa shape index (κ2) is 4.75. The fourth-order valence-corrected chi connectivity index (χ4v) is 0.534. The lowest BCUT2D eigenvalue weighted by atomic mass is 10.9. The molecule has 0 unspecified atom stereocenters. The standard InChI is InChI=1S/C2H4ClO3P/c3-1-2-6-7(4)5/h1-2H2/q-2. The quantitative estimate of drug-likeness (QED) is 0.383. The summed E-state index contributed by atoms with van der Waals surface area (Å²) in [5.74, 6) is 0.212. The van der Waals surface area contributed by atoms with E-state index in [2.05, 4.69) is 4.52 Å². The molecular weight excluding hydrogens is 138 g/mol. The summed E-state index contributed by atoms with van der Waals surface area (Å²) in [5.41, 5.74) is 0. The molecular formula is C2H4ClO3P-2. The Morgan fingerprint density at radius 3 is 2.29 bits per heavy atom. The van der Waals surface area contributed by atoms with Crippen molar-refractivity contribution in [1.82, 2.24) is 0 Å². The lowest BCUT2D eigenvalue weighted by Gasteiger charge is -2.28. The Hall–Kier alpha value is 0.600. The Morgan fingerprint density at radius 1 is 1.57 bits per heavy atom. The molecule has 0 rings (SSSR count). The van der Waals surface area contributed by atoms with Crippen molar-refractivity contribution in [3.05, 3.63) is 0 Å².